The molecule has 0 radical (unpaired) electrons. The van der Waals surface area contributed by atoms with Crippen LogP contribution in [0.5, 0.6) is 0 Å². The summed E-state index contributed by atoms with van der Waals surface area (Å²) in [4.78, 5) is 15.7. The first kappa shape index (κ1) is 16.0. The molecule has 1 aliphatic carbocycles. The van der Waals surface area contributed by atoms with Crippen LogP contribution in [-0.4, -0.2) is 26.4 Å². The topological polar surface area (TPSA) is 44.8 Å². The third-order valence-corrected chi connectivity index (χ3v) is 6.08. The third kappa shape index (κ3) is 3.03. The molecule has 0 unspecified atom stereocenters. The van der Waals surface area contributed by atoms with E-state index in [0.717, 1.165) is 31.9 Å². The molecule has 1 aromatic carbocycles. The van der Waals surface area contributed by atoms with Gasteiger partial charge in [0.2, 0.25) is 0 Å². The van der Waals surface area contributed by atoms with E-state index >= 15 is 0 Å². The molecular formula is C22H26N4. The molecule has 4 heteroatoms. The molecule has 26 heavy (non-hydrogen) atoms. The van der Waals surface area contributed by atoms with Gasteiger partial charge in [-0.15, -0.1) is 0 Å². The highest BCUT2D eigenvalue weighted by Gasteiger charge is 2.23. The quantitative estimate of drug-likeness (QED) is 0.756. The second-order valence-corrected chi connectivity index (χ2v) is 7.86. The standard InChI is InChI=1S/C22H26N4/c1-2-6-16(7-3-1)22-24-12-17-10-11-26(15-21(17)25-22)14-18-13-23-20-9-5-4-8-19(18)20/h4-5,8-9,12-13,16,23H,1-3,6-7,10-11,14-15H2. The maximum Gasteiger partial charge on any atom is 0.131 e. The molecule has 0 amide bonds. The molecule has 5 rings (SSSR count). The van der Waals surface area contributed by atoms with E-state index in [2.05, 4.69) is 46.5 Å². The molecule has 0 saturated heterocycles. The minimum Gasteiger partial charge on any atom is -0.361 e. The first-order valence-electron chi connectivity index (χ1n) is 9.99. The van der Waals surface area contributed by atoms with Crippen LogP contribution in [0.3, 0.4) is 0 Å². The van der Waals surface area contributed by atoms with Gasteiger partial charge in [-0.2, -0.15) is 0 Å². The van der Waals surface area contributed by atoms with Crippen molar-refractivity contribution in [3.63, 3.8) is 0 Å². The Kier molecular flexibility index (Phi) is 4.21. The predicted molar refractivity (Wildman–Crippen MR) is 104 cm³/mol. The molecule has 3 heterocycles. The maximum atomic E-state index is 5.02. The van der Waals surface area contributed by atoms with Gasteiger partial charge in [0.15, 0.2) is 0 Å². The van der Waals surface area contributed by atoms with Gasteiger partial charge in [0.05, 0.1) is 5.69 Å². The fourth-order valence-electron chi connectivity index (χ4n) is 4.57. The van der Waals surface area contributed by atoms with Gasteiger partial charge in [0, 0.05) is 48.8 Å². The minimum absolute atomic E-state index is 0.582. The average Bonchev–Trinajstić information content (AvgIpc) is 3.11. The van der Waals surface area contributed by atoms with E-state index < -0.39 is 0 Å². The van der Waals surface area contributed by atoms with E-state index in [1.165, 1.54) is 59.8 Å². The monoisotopic (exact) mass is 346 g/mol. The fraction of sp³-hybridized carbons (Fsp3) is 0.455. The average molecular weight is 346 g/mol. The van der Waals surface area contributed by atoms with Crippen LogP contribution in [0.2, 0.25) is 0 Å². The van der Waals surface area contributed by atoms with Crippen molar-refractivity contribution < 1.29 is 0 Å². The first-order valence-corrected chi connectivity index (χ1v) is 9.99. The number of fused-ring (bicyclic) bond motifs is 2. The Labute approximate surface area is 154 Å². The van der Waals surface area contributed by atoms with Crippen LogP contribution in [0.25, 0.3) is 10.9 Å². The molecule has 0 bridgehead atoms. The molecule has 0 spiro atoms. The van der Waals surface area contributed by atoms with Gasteiger partial charge in [0.25, 0.3) is 0 Å². The van der Waals surface area contributed by atoms with Crippen LogP contribution in [0.1, 0.15) is 60.7 Å². The summed E-state index contributed by atoms with van der Waals surface area (Å²) in [7, 11) is 0. The summed E-state index contributed by atoms with van der Waals surface area (Å²) in [5.41, 5.74) is 5.21. The van der Waals surface area contributed by atoms with Crippen LogP contribution >= 0.6 is 0 Å². The van der Waals surface area contributed by atoms with Crippen LogP contribution in [0, 0.1) is 0 Å². The highest BCUT2D eigenvalue weighted by atomic mass is 15.1. The molecule has 1 N–H and O–H groups in total. The summed E-state index contributed by atoms with van der Waals surface area (Å²) < 4.78 is 0. The molecule has 1 aliphatic heterocycles. The van der Waals surface area contributed by atoms with E-state index in [0.29, 0.717) is 5.92 Å². The highest BCUT2D eigenvalue weighted by Crippen LogP contribution is 2.31. The number of hydrogen-bond donors (Lipinski definition) is 1. The van der Waals surface area contributed by atoms with Crippen molar-refractivity contribution in [1.82, 2.24) is 19.9 Å². The summed E-state index contributed by atoms with van der Waals surface area (Å²) in [6, 6.07) is 8.56. The predicted octanol–water partition coefficient (Wildman–Crippen LogP) is 4.56. The number of para-hydroxylation sites is 1. The normalized spacial score (nSPS) is 18.9. The number of hydrogen-bond acceptors (Lipinski definition) is 3. The number of aromatic nitrogens is 3. The highest BCUT2D eigenvalue weighted by molar-refractivity contribution is 5.82. The van der Waals surface area contributed by atoms with E-state index in [1.54, 1.807) is 0 Å². The van der Waals surface area contributed by atoms with E-state index in [4.69, 9.17) is 9.97 Å². The van der Waals surface area contributed by atoms with Gasteiger partial charge < -0.3 is 4.98 Å². The molecule has 2 aromatic heterocycles. The largest absolute Gasteiger partial charge is 0.361 e. The lowest BCUT2D eigenvalue weighted by Gasteiger charge is -2.29. The maximum absolute atomic E-state index is 5.02. The van der Waals surface area contributed by atoms with Crippen molar-refractivity contribution in [3.8, 4) is 0 Å². The Bertz CT molecular complexity index is 907. The lowest BCUT2D eigenvalue weighted by Crippen LogP contribution is -2.31. The third-order valence-electron chi connectivity index (χ3n) is 6.08. The Morgan fingerprint density at radius 1 is 1.12 bits per heavy atom. The summed E-state index contributed by atoms with van der Waals surface area (Å²) >= 11 is 0. The van der Waals surface area contributed by atoms with Gasteiger partial charge in [-0.3, -0.25) is 4.90 Å². The molecule has 134 valence electrons. The van der Waals surface area contributed by atoms with E-state index in [9.17, 15) is 0 Å². The van der Waals surface area contributed by atoms with Gasteiger partial charge in [-0.1, -0.05) is 37.5 Å². The van der Waals surface area contributed by atoms with Crippen molar-refractivity contribution in [1.29, 1.82) is 0 Å². The van der Waals surface area contributed by atoms with Crippen LogP contribution in [0.15, 0.2) is 36.7 Å². The molecule has 1 fully saturated rings. The Morgan fingerprint density at radius 2 is 2.00 bits per heavy atom. The fourth-order valence-corrected chi connectivity index (χ4v) is 4.57. The van der Waals surface area contributed by atoms with Gasteiger partial charge in [-0.25, -0.2) is 9.97 Å². The minimum atomic E-state index is 0.582. The zero-order valence-corrected chi connectivity index (χ0v) is 15.2. The SMILES string of the molecule is c1ccc2c(CN3CCc4cnc(C5CCCCC5)nc4C3)c[nH]c2c1. The van der Waals surface area contributed by atoms with Crippen molar-refractivity contribution in [2.45, 2.75) is 57.5 Å². The number of rotatable bonds is 3. The van der Waals surface area contributed by atoms with Crippen molar-refractivity contribution >= 4 is 10.9 Å². The number of nitrogens with one attached hydrogen (secondary N) is 1. The van der Waals surface area contributed by atoms with Crippen LogP contribution < -0.4 is 0 Å². The van der Waals surface area contributed by atoms with Crippen LogP contribution in [-0.2, 0) is 19.5 Å². The van der Waals surface area contributed by atoms with E-state index in [1.807, 2.05) is 0 Å². The number of nitrogens with zero attached hydrogens (tertiary/aromatic N) is 3. The molecule has 1 saturated carbocycles. The van der Waals surface area contributed by atoms with Gasteiger partial charge >= 0.3 is 0 Å². The lowest BCUT2D eigenvalue weighted by atomic mass is 9.88. The molecule has 4 nitrogen and oxygen atoms in total. The zero-order valence-electron chi connectivity index (χ0n) is 15.2. The second kappa shape index (κ2) is 6.84. The summed E-state index contributed by atoms with van der Waals surface area (Å²) in [6.45, 7) is 3.00. The summed E-state index contributed by atoms with van der Waals surface area (Å²) in [6.07, 6.45) is 11.9. The Balaban J connectivity index is 1.35. The molecular weight excluding hydrogens is 320 g/mol. The van der Waals surface area contributed by atoms with Crippen molar-refractivity contribution in [2.24, 2.45) is 0 Å². The van der Waals surface area contributed by atoms with Gasteiger partial charge in [0.1, 0.15) is 5.82 Å². The molecule has 3 aromatic rings. The number of H-pyrrole nitrogens is 1. The Morgan fingerprint density at radius 3 is 2.92 bits per heavy atom. The van der Waals surface area contributed by atoms with Crippen molar-refractivity contribution in [2.75, 3.05) is 6.54 Å². The van der Waals surface area contributed by atoms with Crippen molar-refractivity contribution in [3.05, 3.63) is 59.3 Å². The zero-order chi connectivity index (χ0) is 17.3. The lowest BCUT2D eigenvalue weighted by molar-refractivity contribution is 0.241. The molecule has 2 aliphatic rings. The number of benzene rings is 1. The van der Waals surface area contributed by atoms with E-state index in [-0.39, 0.29) is 0 Å². The smallest absolute Gasteiger partial charge is 0.131 e. The second-order valence-electron chi connectivity index (χ2n) is 7.86. The number of aromatic amines is 1. The summed E-state index contributed by atoms with van der Waals surface area (Å²) in [5.74, 6) is 1.68. The Hall–Kier alpha value is -2.20. The first-order chi connectivity index (χ1) is 12.9. The molecule has 0 atom stereocenters. The van der Waals surface area contributed by atoms with Crippen LogP contribution in [0.4, 0.5) is 0 Å². The van der Waals surface area contributed by atoms with Gasteiger partial charge in [-0.05, 0) is 36.5 Å². The summed E-state index contributed by atoms with van der Waals surface area (Å²) in [5, 5.41) is 1.34.